The van der Waals surface area contributed by atoms with E-state index >= 15 is 0 Å². The van der Waals surface area contributed by atoms with Crippen LogP contribution in [0.25, 0.3) is 0 Å². The summed E-state index contributed by atoms with van der Waals surface area (Å²) in [7, 11) is 0. The van der Waals surface area contributed by atoms with Crippen LogP contribution in [0.3, 0.4) is 0 Å². The first-order chi connectivity index (χ1) is 15.1. The van der Waals surface area contributed by atoms with Crippen LogP contribution in [0.15, 0.2) is 0 Å². The average Bonchev–Trinajstić information content (AvgIpc) is 2.63. The second kappa shape index (κ2) is 12.0. The third-order valence-electron chi connectivity index (χ3n) is 4.75. The van der Waals surface area contributed by atoms with Gasteiger partial charge in [0.2, 0.25) is 0 Å². The van der Waals surface area contributed by atoms with Crippen LogP contribution >= 0.6 is 0 Å². The number of hydrogen-bond acceptors (Lipinski definition) is 7. The molecule has 0 spiro atoms. The van der Waals surface area contributed by atoms with Crippen molar-refractivity contribution in [1.29, 1.82) is 0 Å². The van der Waals surface area contributed by atoms with Crippen molar-refractivity contribution in [2.45, 2.75) is 70.3 Å². The van der Waals surface area contributed by atoms with Gasteiger partial charge in [0.25, 0.3) is 0 Å². The standard InChI is InChI=1S/C19H31F5N2O7/c1-16(2)8-13(9-17(3,10-16)26-15(29)31-7-5-20)25-14(28)30-6-4-18(21,22)32-12-33-19(23,24)11-27/h13,27H,4-12H2,1-3H3,(H,25,28)(H,26,29). The quantitative estimate of drug-likeness (QED) is 0.282. The van der Waals surface area contributed by atoms with Crippen LogP contribution in [0.4, 0.5) is 31.5 Å². The third-order valence-corrected chi connectivity index (χ3v) is 4.75. The molecule has 2 unspecified atom stereocenters. The van der Waals surface area contributed by atoms with Crippen molar-refractivity contribution < 1.29 is 55.6 Å². The molecule has 0 heterocycles. The van der Waals surface area contributed by atoms with E-state index in [0.29, 0.717) is 12.8 Å². The Hall–Kier alpha value is -1.93. The molecule has 1 fully saturated rings. The van der Waals surface area contributed by atoms with Crippen molar-refractivity contribution >= 4 is 12.2 Å². The molecule has 0 aromatic carbocycles. The normalized spacial score (nSPS) is 23.0. The molecule has 2 atom stereocenters. The van der Waals surface area contributed by atoms with Crippen molar-refractivity contribution in [3.05, 3.63) is 0 Å². The highest BCUT2D eigenvalue weighted by atomic mass is 19.3. The van der Waals surface area contributed by atoms with E-state index in [1.807, 2.05) is 13.8 Å². The third kappa shape index (κ3) is 11.7. The lowest BCUT2D eigenvalue weighted by molar-refractivity contribution is -0.345. The lowest BCUT2D eigenvalue weighted by Crippen LogP contribution is -2.57. The molecule has 0 bridgehead atoms. The van der Waals surface area contributed by atoms with E-state index < -0.39 is 69.1 Å². The van der Waals surface area contributed by atoms with Crippen LogP contribution in [-0.2, 0) is 18.9 Å². The molecule has 0 radical (unpaired) electrons. The number of aliphatic hydroxyl groups is 1. The molecule has 14 heteroatoms. The van der Waals surface area contributed by atoms with Crippen LogP contribution in [0.5, 0.6) is 0 Å². The molecule has 2 amide bonds. The minimum atomic E-state index is -4.02. The molecule has 33 heavy (non-hydrogen) atoms. The smallest absolute Gasteiger partial charge is 0.407 e. The molecule has 0 aliphatic heterocycles. The van der Waals surface area contributed by atoms with Crippen molar-refractivity contribution in [3.63, 3.8) is 0 Å². The first-order valence-corrected chi connectivity index (χ1v) is 10.2. The number of halogens is 5. The molecule has 0 aromatic heterocycles. The Kier molecular flexibility index (Phi) is 10.6. The molecule has 1 aliphatic carbocycles. The summed E-state index contributed by atoms with van der Waals surface area (Å²) in [5, 5.41) is 13.5. The Labute approximate surface area is 188 Å². The lowest BCUT2D eigenvalue weighted by Gasteiger charge is -2.46. The number of carbonyl (C=O) groups excluding carboxylic acids is 2. The number of hydrogen-bond donors (Lipinski definition) is 3. The molecule has 0 saturated heterocycles. The van der Waals surface area contributed by atoms with Gasteiger partial charge in [-0.05, 0) is 31.6 Å². The van der Waals surface area contributed by atoms with E-state index in [9.17, 15) is 31.5 Å². The van der Waals surface area contributed by atoms with Crippen LogP contribution in [0, 0.1) is 5.41 Å². The fourth-order valence-corrected chi connectivity index (χ4v) is 3.89. The maximum Gasteiger partial charge on any atom is 0.407 e. The number of nitrogens with one attached hydrogen (secondary N) is 2. The molecule has 1 rings (SSSR count). The summed E-state index contributed by atoms with van der Waals surface area (Å²) in [4.78, 5) is 23.9. The van der Waals surface area contributed by atoms with Gasteiger partial charge in [-0.3, -0.25) is 9.47 Å². The lowest BCUT2D eigenvalue weighted by atomic mass is 9.67. The average molecular weight is 494 g/mol. The molecule has 9 nitrogen and oxygen atoms in total. The summed E-state index contributed by atoms with van der Waals surface area (Å²) in [5.74, 6) is 0. The maximum atomic E-state index is 13.5. The number of ether oxygens (including phenoxy) is 4. The Morgan fingerprint density at radius 1 is 1.00 bits per heavy atom. The van der Waals surface area contributed by atoms with Gasteiger partial charge in [-0.25, -0.2) is 14.0 Å². The molecule has 1 aliphatic rings. The number of rotatable bonds is 12. The van der Waals surface area contributed by atoms with Gasteiger partial charge >= 0.3 is 24.4 Å². The highest BCUT2D eigenvalue weighted by Gasteiger charge is 2.43. The number of aliphatic hydroxyl groups excluding tert-OH is 1. The van der Waals surface area contributed by atoms with E-state index in [-0.39, 0.29) is 18.4 Å². The summed E-state index contributed by atoms with van der Waals surface area (Å²) in [5.41, 5.74) is -1.11. The Morgan fingerprint density at radius 2 is 1.61 bits per heavy atom. The molecule has 3 N–H and O–H groups in total. The monoisotopic (exact) mass is 494 g/mol. The van der Waals surface area contributed by atoms with E-state index in [1.54, 1.807) is 6.92 Å². The highest BCUT2D eigenvalue weighted by molar-refractivity contribution is 5.69. The Balaban J connectivity index is 2.50. The van der Waals surface area contributed by atoms with Gasteiger partial charge in [0.05, 0.1) is 6.42 Å². The van der Waals surface area contributed by atoms with Gasteiger partial charge < -0.3 is 25.2 Å². The topological polar surface area (TPSA) is 115 Å². The molecular formula is C19H31F5N2O7. The second-order valence-corrected chi connectivity index (χ2v) is 8.83. The molecule has 0 aromatic rings. The zero-order valence-corrected chi connectivity index (χ0v) is 18.7. The summed E-state index contributed by atoms with van der Waals surface area (Å²) >= 11 is 0. The van der Waals surface area contributed by atoms with Crippen LogP contribution in [0.1, 0.15) is 46.5 Å². The molecular weight excluding hydrogens is 463 g/mol. The fourth-order valence-electron chi connectivity index (χ4n) is 3.89. The van der Waals surface area contributed by atoms with Gasteiger partial charge in [0, 0.05) is 11.6 Å². The van der Waals surface area contributed by atoms with E-state index in [1.165, 1.54) is 0 Å². The Bertz CT molecular complexity index is 654. The van der Waals surface area contributed by atoms with Crippen molar-refractivity contribution in [3.8, 4) is 0 Å². The SMILES string of the molecule is CC1(C)CC(NC(=O)OCCC(F)(F)OCOC(F)(F)CO)CC(C)(NC(=O)OCCF)C1. The van der Waals surface area contributed by atoms with E-state index in [4.69, 9.17) is 14.6 Å². The van der Waals surface area contributed by atoms with Crippen molar-refractivity contribution in [1.82, 2.24) is 10.6 Å². The van der Waals surface area contributed by atoms with Gasteiger partial charge in [-0.15, -0.1) is 0 Å². The number of carbonyl (C=O) groups is 2. The molecule has 1 saturated carbocycles. The van der Waals surface area contributed by atoms with Gasteiger partial charge in [0.1, 0.15) is 26.5 Å². The van der Waals surface area contributed by atoms with Crippen LogP contribution in [-0.4, -0.2) is 74.4 Å². The van der Waals surface area contributed by atoms with E-state index in [2.05, 4.69) is 20.1 Å². The predicted octanol–water partition coefficient (Wildman–Crippen LogP) is 3.30. The zero-order chi connectivity index (χ0) is 25.3. The van der Waals surface area contributed by atoms with Gasteiger partial charge in [0.15, 0.2) is 6.79 Å². The summed E-state index contributed by atoms with van der Waals surface area (Å²) < 4.78 is 81.5. The minimum Gasteiger partial charge on any atom is -0.449 e. The zero-order valence-electron chi connectivity index (χ0n) is 18.7. The van der Waals surface area contributed by atoms with Crippen LogP contribution in [0.2, 0.25) is 0 Å². The predicted molar refractivity (Wildman–Crippen MR) is 103 cm³/mol. The highest BCUT2D eigenvalue weighted by Crippen LogP contribution is 2.41. The number of amides is 2. The van der Waals surface area contributed by atoms with E-state index in [0.717, 1.165) is 0 Å². The van der Waals surface area contributed by atoms with Gasteiger partial charge in [-0.1, -0.05) is 13.8 Å². The van der Waals surface area contributed by atoms with Crippen molar-refractivity contribution in [2.24, 2.45) is 5.41 Å². The van der Waals surface area contributed by atoms with Crippen molar-refractivity contribution in [2.75, 3.05) is 33.3 Å². The first-order valence-electron chi connectivity index (χ1n) is 10.2. The van der Waals surface area contributed by atoms with Crippen LogP contribution < -0.4 is 10.6 Å². The summed E-state index contributed by atoms with van der Waals surface area (Å²) in [6, 6.07) is -0.474. The second-order valence-electron chi connectivity index (χ2n) is 8.83. The molecule has 194 valence electrons. The number of alkyl carbamates (subject to hydrolysis) is 2. The Morgan fingerprint density at radius 3 is 2.21 bits per heavy atom. The first kappa shape index (κ1) is 29.1. The minimum absolute atomic E-state index is 0.284. The van der Waals surface area contributed by atoms with Gasteiger partial charge in [-0.2, -0.15) is 17.6 Å². The largest absolute Gasteiger partial charge is 0.449 e. The fraction of sp³-hybridized carbons (Fsp3) is 0.895. The number of alkyl halides is 5. The summed E-state index contributed by atoms with van der Waals surface area (Å²) in [6.45, 7) is 0.404. The summed E-state index contributed by atoms with van der Waals surface area (Å²) in [6.07, 6.45) is -9.51. The maximum absolute atomic E-state index is 13.5.